The van der Waals surface area contributed by atoms with Crippen molar-refractivity contribution in [3.05, 3.63) is 48.0 Å². The molecular weight excluding hydrogens is 290 g/mol. The van der Waals surface area contributed by atoms with Crippen molar-refractivity contribution >= 4 is 11.9 Å². The highest BCUT2D eigenvalue weighted by molar-refractivity contribution is 5.93. The Labute approximate surface area is 137 Å². The number of fused-ring (bicyclic) bond motifs is 1. The number of aryl methyl sites for hydroxylation is 1. The summed E-state index contributed by atoms with van der Waals surface area (Å²) < 4.78 is 4.90. The second-order valence-corrected chi connectivity index (χ2v) is 6.36. The molecule has 0 saturated carbocycles. The average molecular weight is 313 g/mol. The number of nitrogens with zero attached hydrogens (tertiary/aromatic N) is 1. The third kappa shape index (κ3) is 3.31. The number of methoxy groups -OCH3 is 1. The summed E-state index contributed by atoms with van der Waals surface area (Å²) >= 11 is 0. The Morgan fingerprint density at radius 2 is 2.09 bits per heavy atom. The number of benzene rings is 1. The molecule has 0 N–H and O–H groups in total. The van der Waals surface area contributed by atoms with E-state index in [2.05, 4.69) is 24.3 Å². The summed E-state index contributed by atoms with van der Waals surface area (Å²) in [5, 5.41) is 0. The average Bonchev–Trinajstić information content (AvgIpc) is 2.95. The zero-order chi connectivity index (χ0) is 16.2. The second-order valence-electron chi connectivity index (χ2n) is 6.36. The van der Waals surface area contributed by atoms with Gasteiger partial charge in [0.15, 0.2) is 0 Å². The molecule has 1 fully saturated rings. The summed E-state index contributed by atoms with van der Waals surface area (Å²) in [4.78, 5) is 25.9. The van der Waals surface area contributed by atoms with Crippen LogP contribution in [0, 0.1) is 5.92 Å². The van der Waals surface area contributed by atoms with Crippen molar-refractivity contribution in [1.29, 1.82) is 0 Å². The van der Waals surface area contributed by atoms with Crippen LogP contribution in [0.5, 0.6) is 0 Å². The van der Waals surface area contributed by atoms with E-state index >= 15 is 0 Å². The minimum atomic E-state index is -0.413. The van der Waals surface area contributed by atoms with Crippen LogP contribution in [0.1, 0.15) is 31.2 Å². The number of hydrogen-bond donors (Lipinski definition) is 0. The fourth-order valence-corrected chi connectivity index (χ4v) is 3.90. The normalized spacial score (nSPS) is 26.2. The maximum atomic E-state index is 12.2. The van der Waals surface area contributed by atoms with E-state index in [9.17, 15) is 9.59 Å². The molecule has 2 aliphatic heterocycles. The van der Waals surface area contributed by atoms with Crippen molar-refractivity contribution in [3.63, 3.8) is 0 Å². The van der Waals surface area contributed by atoms with Crippen LogP contribution in [0.4, 0.5) is 0 Å². The molecule has 4 nitrogen and oxygen atoms in total. The van der Waals surface area contributed by atoms with Gasteiger partial charge in [-0.25, -0.2) is 4.79 Å². The van der Waals surface area contributed by atoms with Gasteiger partial charge in [0.05, 0.1) is 7.11 Å². The Kier molecular flexibility index (Phi) is 4.79. The number of rotatable bonds is 5. The minimum absolute atomic E-state index is 0.0535. The van der Waals surface area contributed by atoms with E-state index in [1.807, 2.05) is 12.1 Å². The molecule has 1 amide bonds. The molecular formula is C19H23NO3. The van der Waals surface area contributed by atoms with Crippen LogP contribution in [0.25, 0.3) is 0 Å². The van der Waals surface area contributed by atoms with Crippen LogP contribution in [-0.4, -0.2) is 36.0 Å². The van der Waals surface area contributed by atoms with Gasteiger partial charge in [-0.3, -0.25) is 4.79 Å². The Hall–Kier alpha value is -2.10. The summed E-state index contributed by atoms with van der Waals surface area (Å²) in [5.41, 5.74) is 1.34. The van der Waals surface area contributed by atoms with Crippen LogP contribution < -0.4 is 0 Å². The lowest BCUT2D eigenvalue weighted by Crippen LogP contribution is -2.46. The highest BCUT2D eigenvalue weighted by Gasteiger charge is 2.47. The van der Waals surface area contributed by atoms with Gasteiger partial charge in [0.1, 0.15) is 6.04 Å². The lowest BCUT2D eigenvalue weighted by Gasteiger charge is -2.31. The third-order valence-electron chi connectivity index (χ3n) is 5.01. The molecule has 1 aromatic rings. The van der Waals surface area contributed by atoms with Gasteiger partial charge < -0.3 is 9.64 Å². The Morgan fingerprint density at radius 1 is 1.30 bits per heavy atom. The first-order valence-electron chi connectivity index (χ1n) is 8.31. The topological polar surface area (TPSA) is 46.6 Å². The van der Waals surface area contributed by atoms with E-state index in [1.54, 1.807) is 11.0 Å². The van der Waals surface area contributed by atoms with Crippen molar-refractivity contribution in [2.45, 2.75) is 44.2 Å². The standard InChI is InChI=1S/C19H23NO3/c1-23-19(22)17-13-15(16-11-6-12-18(21)20(16)17)10-5-9-14-7-3-2-4-8-14/h2-4,6-8,12,15-17H,5,9-11,13H2,1H3/t15-,16+,17+/m1/s1. The van der Waals surface area contributed by atoms with Crippen LogP contribution >= 0.6 is 0 Å². The molecule has 0 unspecified atom stereocenters. The van der Waals surface area contributed by atoms with Crippen LogP contribution in [-0.2, 0) is 20.7 Å². The van der Waals surface area contributed by atoms with Gasteiger partial charge in [0.2, 0.25) is 5.91 Å². The van der Waals surface area contributed by atoms with Gasteiger partial charge in [0.25, 0.3) is 0 Å². The van der Waals surface area contributed by atoms with Crippen molar-refractivity contribution in [2.24, 2.45) is 5.92 Å². The fourth-order valence-electron chi connectivity index (χ4n) is 3.90. The van der Waals surface area contributed by atoms with E-state index in [0.29, 0.717) is 5.92 Å². The molecule has 0 aromatic heterocycles. The zero-order valence-electron chi connectivity index (χ0n) is 13.5. The molecule has 0 radical (unpaired) electrons. The van der Waals surface area contributed by atoms with Crippen LogP contribution in [0.3, 0.4) is 0 Å². The lowest BCUT2D eigenvalue weighted by molar-refractivity contribution is -0.150. The van der Waals surface area contributed by atoms with Gasteiger partial charge in [-0.2, -0.15) is 0 Å². The number of amides is 1. The molecule has 3 atom stereocenters. The molecule has 0 aliphatic carbocycles. The predicted octanol–water partition coefficient (Wildman–Crippen LogP) is 2.73. The molecule has 3 rings (SSSR count). The largest absolute Gasteiger partial charge is 0.467 e. The van der Waals surface area contributed by atoms with Gasteiger partial charge in [-0.05, 0) is 49.7 Å². The first-order valence-corrected chi connectivity index (χ1v) is 8.31. The summed E-state index contributed by atoms with van der Waals surface area (Å²) in [7, 11) is 1.39. The summed E-state index contributed by atoms with van der Waals surface area (Å²) in [6, 6.07) is 10.2. The monoisotopic (exact) mass is 313 g/mol. The van der Waals surface area contributed by atoms with E-state index in [-0.39, 0.29) is 17.9 Å². The molecule has 2 heterocycles. The van der Waals surface area contributed by atoms with Crippen molar-refractivity contribution in [1.82, 2.24) is 4.90 Å². The Balaban J connectivity index is 1.64. The first kappa shape index (κ1) is 15.8. The molecule has 1 saturated heterocycles. The molecule has 0 bridgehead atoms. The van der Waals surface area contributed by atoms with E-state index in [4.69, 9.17) is 4.74 Å². The maximum Gasteiger partial charge on any atom is 0.328 e. The van der Waals surface area contributed by atoms with Crippen molar-refractivity contribution < 1.29 is 14.3 Å². The quantitative estimate of drug-likeness (QED) is 0.785. The second kappa shape index (κ2) is 6.99. The summed E-state index contributed by atoms with van der Waals surface area (Å²) in [5.74, 6) is 0.0307. The number of hydrogen-bond acceptors (Lipinski definition) is 3. The van der Waals surface area contributed by atoms with Crippen molar-refractivity contribution in [3.8, 4) is 0 Å². The van der Waals surface area contributed by atoms with Gasteiger partial charge in [-0.1, -0.05) is 36.4 Å². The minimum Gasteiger partial charge on any atom is -0.467 e. The van der Waals surface area contributed by atoms with Crippen LogP contribution in [0.15, 0.2) is 42.5 Å². The third-order valence-corrected chi connectivity index (χ3v) is 5.01. The highest BCUT2D eigenvalue weighted by atomic mass is 16.5. The molecule has 1 aromatic carbocycles. The molecule has 2 aliphatic rings. The summed E-state index contributed by atoms with van der Waals surface area (Å²) in [6.45, 7) is 0. The Morgan fingerprint density at radius 3 is 2.83 bits per heavy atom. The number of esters is 1. The first-order chi connectivity index (χ1) is 11.2. The highest BCUT2D eigenvalue weighted by Crippen LogP contribution is 2.37. The van der Waals surface area contributed by atoms with Gasteiger partial charge >= 0.3 is 5.97 Å². The van der Waals surface area contributed by atoms with Gasteiger partial charge in [0, 0.05) is 6.04 Å². The molecule has 122 valence electrons. The van der Waals surface area contributed by atoms with Crippen LogP contribution in [0.2, 0.25) is 0 Å². The zero-order valence-corrected chi connectivity index (χ0v) is 13.5. The van der Waals surface area contributed by atoms with Crippen molar-refractivity contribution in [2.75, 3.05) is 7.11 Å². The van der Waals surface area contributed by atoms with Gasteiger partial charge in [-0.15, -0.1) is 0 Å². The molecule has 4 heteroatoms. The lowest BCUT2D eigenvalue weighted by atomic mass is 9.89. The van der Waals surface area contributed by atoms with E-state index < -0.39 is 6.04 Å². The van der Waals surface area contributed by atoms with E-state index in [0.717, 1.165) is 32.1 Å². The van der Waals surface area contributed by atoms with E-state index in [1.165, 1.54) is 12.7 Å². The fraction of sp³-hybridized carbons (Fsp3) is 0.474. The maximum absolute atomic E-state index is 12.2. The smallest absolute Gasteiger partial charge is 0.328 e. The molecule has 23 heavy (non-hydrogen) atoms. The number of carbonyl (C=O) groups excluding carboxylic acids is 2. The summed E-state index contributed by atoms with van der Waals surface area (Å²) in [6.07, 6.45) is 8.23. The molecule has 0 spiro atoms. The number of carbonyl (C=O) groups is 2. The number of ether oxygens (including phenoxy) is 1. The SMILES string of the molecule is COC(=O)[C@@H]1C[C@@H](CCCc2ccccc2)[C@@H]2CC=CC(=O)N12. The Bertz CT molecular complexity index is 596. The predicted molar refractivity (Wildman–Crippen MR) is 87.7 cm³/mol.